The van der Waals surface area contributed by atoms with Gasteiger partial charge in [0.1, 0.15) is 0 Å². The van der Waals surface area contributed by atoms with E-state index in [0.29, 0.717) is 22.2 Å². The van der Waals surface area contributed by atoms with E-state index >= 15 is 0 Å². The number of hydrogen-bond acceptors (Lipinski definition) is 4. The Kier molecular flexibility index (Phi) is 8.49. The van der Waals surface area contributed by atoms with Gasteiger partial charge in [-0.1, -0.05) is 35.3 Å². The van der Waals surface area contributed by atoms with E-state index in [2.05, 4.69) is 10.6 Å². The number of esters is 1. The third-order valence-corrected chi connectivity index (χ3v) is 4.76. The Balaban J connectivity index is 1.67. The van der Waals surface area contributed by atoms with Gasteiger partial charge in [-0.15, -0.1) is 0 Å². The van der Waals surface area contributed by atoms with Gasteiger partial charge in [0.15, 0.2) is 6.61 Å². The van der Waals surface area contributed by atoms with Gasteiger partial charge in [-0.25, -0.2) is 0 Å². The van der Waals surface area contributed by atoms with Crippen LogP contribution in [-0.2, 0) is 19.1 Å². The molecule has 8 heteroatoms. The molecule has 0 aliphatic heterocycles. The van der Waals surface area contributed by atoms with Crippen LogP contribution in [0.1, 0.15) is 30.4 Å². The maximum Gasteiger partial charge on any atom is 0.306 e. The first-order chi connectivity index (χ1) is 13.7. The Bertz CT molecular complexity index is 916. The first-order valence-electron chi connectivity index (χ1n) is 9.02. The van der Waals surface area contributed by atoms with Crippen molar-refractivity contribution in [1.82, 2.24) is 0 Å². The molecular formula is C21H22Cl2N2O4. The van der Waals surface area contributed by atoms with E-state index in [1.54, 1.807) is 12.1 Å². The van der Waals surface area contributed by atoms with Crippen molar-refractivity contribution in [1.29, 1.82) is 0 Å². The van der Waals surface area contributed by atoms with Crippen LogP contribution in [0.15, 0.2) is 36.4 Å². The van der Waals surface area contributed by atoms with Gasteiger partial charge in [0.25, 0.3) is 5.91 Å². The number of rotatable bonds is 8. The molecule has 0 heterocycles. The molecule has 2 aromatic carbocycles. The number of ether oxygens (including phenoxy) is 1. The van der Waals surface area contributed by atoms with Gasteiger partial charge in [-0.3, -0.25) is 14.4 Å². The summed E-state index contributed by atoms with van der Waals surface area (Å²) in [5.41, 5.74) is 3.23. The quantitative estimate of drug-likeness (QED) is 0.576. The maximum atomic E-state index is 12.0. The Morgan fingerprint density at radius 1 is 0.897 bits per heavy atom. The number of benzene rings is 2. The molecule has 2 amide bonds. The lowest BCUT2D eigenvalue weighted by molar-refractivity contribution is -0.147. The van der Waals surface area contributed by atoms with E-state index in [1.165, 1.54) is 6.07 Å². The molecule has 0 fully saturated rings. The highest BCUT2D eigenvalue weighted by Crippen LogP contribution is 2.25. The van der Waals surface area contributed by atoms with Crippen LogP contribution in [0.25, 0.3) is 0 Å². The fraction of sp³-hybridized carbons (Fsp3) is 0.286. The molecule has 2 aromatic rings. The first kappa shape index (κ1) is 22.7. The highest BCUT2D eigenvalue weighted by molar-refractivity contribution is 6.42. The summed E-state index contributed by atoms with van der Waals surface area (Å²) in [6, 6.07) is 10.4. The minimum atomic E-state index is -0.547. The molecule has 0 aromatic heterocycles. The summed E-state index contributed by atoms with van der Waals surface area (Å²) in [5.74, 6) is -1.22. The highest BCUT2D eigenvalue weighted by Gasteiger charge is 2.11. The summed E-state index contributed by atoms with van der Waals surface area (Å²) < 4.78 is 4.92. The minimum absolute atomic E-state index is 0.0419. The van der Waals surface area contributed by atoms with Crippen molar-refractivity contribution in [3.63, 3.8) is 0 Å². The van der Waals surface area contributed by atoms with E-state index in [-0.39, 0.29) is 18.7 Å². The van der Waals surface area contributed by atoms with E-state index < -0.39 is 18.5 Å². The van der Waals surface area contributed by atoms with Crippen molar-refractivity contribution in [2.45, 2.75) is 33.1 Å². The van der Waals surface area contributed by atoms with Crippen LogP contribution in [0.4, 0.5) is 11.4 Å². The zero-order valence-electron chi connectivity index (χ0n) is 16.2. The van der Waals surface area contributed by atoms with Gasteiger partial charge in [-0.05, 0) is 55.7 Å². The number of halogens is 2. The molecule has 0 aliphatic carbocycles. The molecule has 0 aliphatic rings. The third kappa shape index (κ3) is 7.75. The lowest BCUT2D eigenvalue weighted by atomic mass is 10.1. The molecule has 0 atom stereocenters. The number of hydrogen-bond donors (Lipinski definition) is 2. The SMILES string of the molecule is Cc1ccc(C)c(NC(=O)CCCC(=O)OCC(=O)Nc2ccc(Cl)c(Cl)c2)c1. The normalized spacial score (nSPS) is 10.3. The Morgan fingerprint density at radius 2 is 1.66 bits per heavy atom. The van der Waals surface area contributed by atoms with Crippen molar-refractivity contribution >= 4 is 52.4 Å². The second kappa shape index (κ2) is 10.8. The highest BCUT2D eigenvalue weighted by atomic mass is 35.5. The number of aryl methyl sites for hydroxylation is 2. The lowest BCUT2D eigenvalue weighted by Crippen LogP contribution is -2.21. The van der Waals surface area contributed by atoms with Crippen molar-refractivity contribution in [2.75, 3.05) is 17.2 Å². The van der Waals surface area contributed by atoms with Gasteiger partial charge in [-0.2, -0.15) is 0 Å². The summed E-state index contributed by atoms with van der Waals surface area (Å²) in [4.78, 5) is 35.6. The fourth-order valence-corrected chi connectivity index (χ4v) is 2.76. The molecule has 0 saturated heterocycles. The van der Waals surface area contributed by atoms with Gasteiger partial charge in [0.05, 0.1) is 10.0 Å². The second-order valence-corrected chi connectivity index (χ2v) is 7.37. The van der Waals surface area contributed by atoms with Crippen LogP contribution in [-0.4, -0.2) is 24.4 Å². The van der Waals surface area contributed by atoms with Gasteiger partial charge >= 0.3 is 5.97 Å². The van der Waals surface area contributed by atoms with Crippen LogP contribution in [0, 0.1) is 13.8 Å². The molecule has 2 rings (SSSR count). The second-order valence-electron chi connectivity index (χ2n) is 6.56. The molecule has 2 N–H and O–H groups in total. The van der Waals surface area contributed by atoms with Crippen LogP contribution in [0.2, 0.25) is 10.0 Å². The minimum Gasteiger partial charge on any atom is -0.456 e. The van der Waals surface area contributed by atoms with Crippen molar-refractivity contribution in [2.24, 2.45) is 0 Å². The van der Waals surface area contributed by atoms with E-state index in [1.807, 2.05) is 32.0 Å². The summed E-state index contributed by atoms with van der Waals surface area (Å²) in [6.07, 6.45) is 0.544. The van der Waals surface area contributed by atoms with Crippen molar-refractivity contribution < 1.29 is 19.1 Å². The van der Waals surface area contributed by atoms with Crippen LogP contribution in [0.5, 0.6) is 0 Å². The average molecular weight is 437 g/mol. The molecule has 29 heavy (non-hydrogen) atoms. The topological polar surface area (TPSA) is 84.5 Å². The molecular weight excluding hydrogens is 415 g/mol. The number of carbonyl (C=O) groups excluding carboxylic acids is 3. The van der Waals surface area contributed by atoms with E-state index in [9.17, 15) is 14.4 Å². The first-order valence-corrected chi connectivity index (χ1v) is 9.78. The largest absolute Gasteiger partial charge is 0.456 e. The molecule has 0 bridgehead atoms. The number of amides is 2. The van der Waals surface area contributed by atoms with E-state index in [0.717, 1.165) is 16.8 Å². The van der Waals surface area contributed by atoms with Crippen molar-refractivity contribution in [3.8, 4) is 0 Å². The molecule has 6 nitrogen and oxygen atoms in total. The summed E-state index contributed by atoms with van der Waals surface area (Å²) in [6.45, 7) is 3.44. The number of nitrogens with one attached hydrogen (secondary N) is 2. The van der Waals surface area contributed by atoms with Gasteiger partial charge in [0, 0.05) is 24.2 Å². The Morgan fingerprint density at radius 3 is 2.38 bits per heavy atom. The molecule has 154 valence electrons. The fourth-order valence-electron chi connectivity index (χ4n) is 2.47. The smallest absolute Gasteiger partial charge is 0.306 e. The maximum absolute atomic E-state index is 12.0. The number of carbonyl (C=O) groups is 3. The van der Waals surface area contributed by atoms with E-state index in [4.69, 9.17) is 27.9 Å². The molecule has 0 spiro atoms. The molecule has 0 unspecified atom stereocenters. The van der Waals surface area contributed by atoms with Crippen molar-refractivity contribution in [3.05, 3.63) is 57.6 Å². The Labute approximate surface area is 179 Å². The zero-order chi connectivity index (χ0) is 21.4. The third-order valence-electron chi connectivity index (χ3n) is 4.02. The summed E-state index contributed by atoms with van der Waals surface area (Å²) in [5, 5.41) is 6.07. The predicted molar refractivity (Wildman–Crippen MR) is 114 cm³/mol. The Hall–Kier alpha value is -2.57. The summed E-state index contributed by atoms with van der Waals surface area (Å²) >= 11 is 11.7. The summed E-state index contributed by atoms with van der Waals surface area (Å²) in [7, 11) is 0. The zero-order valence-corrected chi connectivity index (χ0v) is 17.7. The predicted octanol–water partition coefficient (Wildman–Crippen LogP) is 4.90. The van der Waals surface area contributed by atoms with Crippen LogP contribution >= 0.6 is 23.2 Å². The molecule has 0 radical (unpaired) electrons. The average Bonchev–Trinajstić information content (AvgIpc) is 2.66. The van der Waals surface area contributed by atoms with Gasteiger partial charge < -0.3 is 15.4 Å². The number of anilines is 2. The lowest BCUT2D eigenvalue weighted by Gasteiger charge is -2.09. The monoisotopic (exact) mass is 436 g/mol. The van der Waals surface area contributed by atoms with Crippen LogP contribution < -0.4 is 10.6 Å². The van der Waals surface area contributed by atoms with Gasteiger partial charge in [0.2, 0.25) is 5.91 Å². The van der Waals surface area contributed by atoms with Crippen LogP contribution in [0.3, 0.4) is 0 Å². The molecule has 0 saturated carbocycles. The standard InChI is InChI=1S/C21H22Cl2N2O4/c1-13-6-7-14(2)18(10-13)25-19(26)4-3-5-21(28)29-12-20(27)24-15-8-9-16(22)17(23)11-15/h6-11H,3-5,12H2,1-2H3,(H,24,27)(H,25,26).